The van der Waals surface area contributed by atoms with Gasteiger partial charge in [-0.15, -0.1) is 0 Å². The minimum absolute atomic E-state index is 0.197. The van der Waals surface area contributed by atoms with Gasteiger partial charge in [0, 0.05) is 24.0 Å². The summed E-state index contributed by atoms with van der Waals surface area (Å²) >= 11 is 0. The number of hydrogen-bond acceptors (Lipinski definition) is 7. The third-order valence-electron chi connectivity index (χ3n) is 6.61. The first-order valence-electron chi connectivity index (χ1n) is 12.9. The van der Waals surface area contributed by atoms with Crippen molar-refractivity contribution in [3.63, 3.8) is 0 Å². The van der Waals surface area contributed by atoms with Gasteiger partial charge in [-0.2, -0.15) is 0 Å². The smallest absolute Gasteiger partial charge is 0.420 e. The van der Waals surface area contributed by atoms with Gasteiger partial charge < -0.3 is 19.1 Å². The molecule has 3 fully saturated rings. The third kappa shape index (κ3) is 5.23. The molecule has 1 aromatic carbocycles. The Morgan fingerprint density at radius 1 is 0.973 bits per heavy atom. The maximum atomic E-state index is 13.6. The summed E-state index contributed by atoms with van der Waals surface area (Å²) in [4.78, 5) is 37.1. The molecule has 4 aliphatic rings. The highest BCUT2D eigenvalue weighted by molar-refractivity contribution is 6.05. The molecule has 6 rings (SSSR count). The molecule has 198 valence electrons. The number of pyridine rings is 1. The van der Waals surface area contributed by atoms with Crippen LogP contribution in [-0.4, -0.2) is 53.7 Å². The van der Waals surface area contributed by atoms with Crippen molar-refractivity contribution >= 4 is 35.1 Å². The summed E-state index contributed by atoms with van der Waals surface area (Å²) in [7, 11) is 0. The minimum Gasteiger partial charge on any atom is -0.443 e. The van der Waals surface area contributed by atoms with Crippen LogP contribution in [0.1, 0.15) is 59.9 Å². The van der Waals surface area contributed by atoms with Crippen LogP contribution < -0.4 is 14.7 Å². The predicted octanol–water partition coefficient (Wildman–Crippen LogP) is 5.78. The Kier molecular flexibility index (Phi) is 6.30. The Balaban J connectivity index is 1.65. The zero-order chi connectivity index (χ0) is 26.5. The molecule has 2 amide bonds. The fourth-order valence-electron chi connectivity index (χ4n) is 5.06. The van der Waals surface area contributed by atoms with E-state index in [0.29, 0.717) is 29.4 Å². The van der Waals surface area contributed by atoms with E-state index in [1.165, 1.54) is 4.90 Å². The quantitative estimate of drug-likeness (QED) is 0.483. The van der Waals surface area contributed by atoms with Crippen molar-refractivity contribution in [2.75, 3.05) is 27.9 Å². The van der Waals surface area contributed by atoms with Crippen molar-refractivity contribution in [3.05, 3.63) is 42.1 Å². The monoisotopic (exact) mass is 508 g/mol. The van der Waals surface area contributed by atoms with E-state index >= 15 is 0 Å². The van der Waals surface area contributed by atoms with Gasteiger partial charge in [-0.05, 0) is 78.6 Å². The number of anilines is 4. The second kappa shape index (κ2) is 9.20. The number of benzene rings is 1. The van der Waals surface area contributed by atoms with Crippen LogP contribution in [0.15, 0.2) is 36.5 Å². The molecule has 9 heteroatoms. The molecule has 4 aliphatic heterocycles. The van der Waals surface area contributed by atoms with Crippen LogP contribution in [0, 0.1) is 0 Å². The predicted molar refractivity (Wildman–Crippen MR) is 142 cm³/mol. The molecule has 2 bridgehead atoms. The topological polar surface area (TPSA) is 84.4 Å². The molecule has 0 radical (unpaired) electrons. The molecule has 3 saturated heterocycles. The van der Waals surface area contributed by atoms with Crippen LogP contribution in [0.4, 0.5) is 32.5 Å². The normalized spacial score (nSPS) is 21.2. The SMILES string of the molecule is CC(C)(C)OC(=O)N1Cc2cccnc2N(C(=O)OC(C)(C)C)c2ccc(N3C[C@@H]4CC[C@H]3CO4)cc21. The van der Waals surface area contributed by atoms with Crippen molar-refractivity contribution < 1.29 is 23.8 Å². The molecule has 2 aromatic rings. The molecular weight excluding hydrogens is 472 g/mol. The number of carbonyl (C=O) groups excluding carboxylic acids is 2. The number of amides is 2. The van der Waals surface area contributed by atoms with E-state index in [9.17, 15) is 9.59 Å². The van der Waals surface area contributed by atoms with E-state index in [4.69, 9.17) is 14.2 Å². The van der Waals surface area contributed by atoms with E-state index in [0.717, 1.165) is 25.1 Å². The first kappa shape index (κ1) is 25.3. The van der Waals surface area contributed by atoms with E-state index in [1.807, 2.05) is 65.8 Å². The molecule has 9 nitrogen and oxygen atoms in total. The Morgan fingerprint density at radius 2 is 1.70 bits per heavy atom. The lowest BCUT2D eigenvalue weighted by Crippen LogP contribution is -2.54. The standard InChI is InChI=1S/C28H36N4O5/c1-27(2,3)36-25(33)31-15-18-8-7-13-29-24(18)32(26(34)37-28(4,5)6)22-12-10-19(14-23(22)31)30-16-21-11-9-20(30)17-35-21/h7-8,10,12-14,20-21H,9,11,15-17H2,1-6H3/t20-,21-/m0/s1. The summed E-state index contributed by atoms with van der Waals surface area (Å²) in [6.45, 7) is 12.7. The maximum absolute atomic E-state index is 13.6. The second-order valence-electron chi connectivity index (χ2n) is 11.9. The second-order valence-corrected chi connectivity index (χ2v) is 11.9. The van der Waals surface area contributed by atoms with Crippen molar-refractivity contribution in [2.45, 2.75) is 84.3 Å². The number of fused-ring (bicyclic) bond motifs is 5. The lowest BCUT2D eigenvalue weighted by molar-refractivity contribution is -0.0225. The number of nitrogens with zero attached hydrogens (tertiary/aromatic N) is 4. The van der Waals surface area contributed by atoms with Gasteiger partial charge in [-0.25, -0.2) is 19.5 Å². The van der Waals surface area contributed by atoms with Gasteiger partial charge in [0.25, 0.3) is 0 Å². The van der Waals surface area contributed by atoms with Crippen LogP contribution in [0.2, 0.25) is 0 Å². The van der Waals surface area contributed by atoms with Crippen molar-refractivity contribution in [1.29, 1.82) is 0 Å². The summed E-state index contributed by atoms with van der Waals surface area (Å²) in [6.07, 6.45) is 2.92. The molecule has 37 heavy (non-hydrogen) atoms. The Labute approximate surface area is 218 Å². The fourth-order valence-corrected chi connectivity index (χ4v) is 5.06. The maximum Gasteiger partial charge on any atom is 0.420 e. The van der Waals surface area contributed by atoms with Crippen LogP contribution >= 0.6 is 0 Å². The first-order valence-corrected chi connectivity index (χ1v) is 12.9. The highest BCUT2D eigenvalue weighted by atomic mass is 16.6. The van der Waals surface area contributed by atoms with Gasteiger partial charge in [0.15, 0.2) is 0 Å². The molecule has 0 N–H and O–H groups in total. The molecule has 0 spiro atoms. The Morgan fingerprint density at radius 3 is 2.32 bits per heavy atom. The summed E-state index contributed by atoms with van der Waals surface area (Å²) in [5.41, 5.74) is 1.37. The van der Waals surface area contributed by atoms with Crippen molar-refractivity contribution in [2.24, 2.45) is 0 Å². The summed E-state index contributed by atoms with van der Waals surface area (Å²) in [6, 6.07) is 9.79. The van der Waals surface area contributed by atoms with Gasteiger partial charge in [0.2, 0.25) is 0 Å². The number of ether oxygens (including phenoxy) is 3. The van der Waals surface area contributed by atoms with E-state index in [-0.39, 0.29) is 18.7 Å². The number of rotatable bonds is 1. The molecular formula is C28H36N4O5. The van der Waals surface area contributed by atoms with Crippen LogP contribution in [-0.2, 0) is 20.8 Å². The number of hydrogen-bond donors (Lipinski definition) is 0. The van der Waals surface area contributed by atoms with Gasteiger partial charge >= 0.3 is 12.2 Å². The van der Waals surface area contributed by atoms with Crippen molar-refractivity contribution in [1.82, 2.24) is 4.98 Å². The third-order valence-corrected chi connectivity index (χ3v) is 6.61. The molecule has 2 atom stereocenters. The van der Waals surface area contributed by atoms with E-state index in [1.54, 1.807) is 17.2 Å². The van der Waals surface area contributed by atoms with Gasteiger partial charge in [-0.1, -0.05) is 6.07 Å². The average molecular weight is 509 g/mol. The lowest BCUT2D eigenvalue weighted by Gasteiger charge is -2.46. The highest BCUT2D eigenvalue weighted by Crippen LogP contribution is 2.44. The number of aromatic nitrogens is 1. The summed E-state index contributed by atoms with van der Waals surface area (Å²) < 4.78 is 17.5. The Bertz CT molecular complexity index is 1190. The summed E-state index contributed by atoms with van der Waals surface area (Å²) in [5.74, 6) is 0.433. The van der Waals surface area contributed by atoms with E-state index in [2.05, 4.69) is 9.88 Å². The Hall–Kier alpha value is -3.33. The molecule has 5 heterocycles. The van der Waals surface area contributed by atoms with Crippen molar-refractivity contribution in [3.8, 4) is 0 Å². The lowest BCUT2D eigenvalue weighted by atomic mass is 9.96. The zero-order valence-electron chi connectivity index (χ0n) is 22.5. The molecule has 0 unspecified atom stereocenters. The summed E-state index contributed by atoms with van der Waals surface area (Å²) in [5, 5.41) is 0. The molecule has 1 aromatic heterocycles. The fraction of sp³-hybridized carbons (Fsp3) is 0.536. The minimum atomic E-state index is -0.712. The average Bonchev–Trinajstić information content (AvgIpc) is 2.97. The zero-order valence-corrected chi connectivity index (χ0v) is 22.5. The number of piperidine rings is 1. The first-order chi connectivity index (χ1) is 17.4. The highest BCUT2D eigenvalue weighted by Gasteiger charge is 2.39. The number of morpholine rings is 1. The van der Waals surface area contributed by atoms with Gasteiger partial charge in [0.05, 0.1) is 36.7 Å². The van der Waals surface area contributed by atoms with Crippen LogP contribution in [0.5, 0.6) is 0 Å². The molecule has 0 saturated carbocycles. The van der Waals surface area contributed by atoms with Gasteiger partial charge in [0.1, 0.15) is 17.0 Å². The largest absolute Gasteiger partial charge is 0.443 e. The van der Waals surface area contributed by atoms with Crippen LogP contribution in [0.25, 0.3) is 0 Å². The van der Waals surface area contributed by atoms with Gasteiger partial charge in [-0.3, -0.25) is 4.90 Å². The van der Waals surface area contributed by atoms with Crippen LogP contribution in [0.3, 0.4) is 0 Å². The van der Waals surface area contributed by atoms with E-state index < -0.39 is 23.4 Å². The number of carbonyl (C=O) groups is 2. The molecule has 0 aliphatic carbocycles.